The number of aryl methyl sites for hydroxylation is 1. The van der Waals surface area contributed by atoms with Crippen LogP contribution in [0.4, 0.5) is 9.59 Å². The number of H-pyrrole nitrogens is 2. The number of carbonyl (C=O) groups is 4. The molecule has 2 aliphatic carbocycles. The molecule has 5 aromatic rings. The molecule has 3 aromatic heterocycles. The molecule has 0 radical (unpaired) electrons. The zero-order chi connectivity index (χ0) is 43.7. The number of hydrogen-bond acceptors (Lipinski definition) is 9. The summed E-state index contributed by atoms with van der Waals surface area (Å²) in [5.74, 6) is 1.78. The highest BCUT2D eigenvalue weighted by atomic mass is 16.5. The van der Waals surface area contributed by atoms with Crippen molar-refractivity contribution in [2.24, 2.45) is 23.7 Å². The number of benzene rings is 2. The van der Waals surface area contributed by atoms with Gasteiger partial charge in [-0.05, 0) is 91.9 Å². The van der Waals surface area contributed by atoms with Gasteiger partial charge in [0.1, 0.15) is 40.4 Å². The highest BCUT2D eigenvalue weighted by molar-refractivity contribution is 6.03. The average Bonchev–Trinajstić information content (AvgIpc) is 4.14. The van der Waals surface area contributed by atoms with Gasteiger partial charge in [-0.25, -0.2) is 19.6 Å². The minimum atomic E-state index is -0.714. The number of furan rings is 1. The average molecular weight is 845 g/mol. The number of nitrogens with one attached hydrogen (secondary N) is 4. The first-order valence-corrected chi connectivity index (χ1v) is 21.8. The van der Waals surface area contributed by atoms with Crippen LogP contribution < -0.4 is 10.6 Å². The summed E-state index contributed by atoms with van der Waals surface area (Å²) >= 11 is 0. The lowest BCUT2D eigenvalue weighted by Gasteiger charge is -2.40. The van der Waals surface area contributed by atoms with E-state index >= 15 is 0 Å². The normalized spacial score (nSPS) is 23.7. The number of piperidine rings is 2. The molecule has 9 rings (SSSR count). The van der Waals surface area contributed by atoms with Gasteiger partial charge in [0.25, 0.3) is 0 Å². The zero-order valence-corrected chi connectivity index (χ0v) is 36.5. The SMILES string of the molecule is COC(=O)N[C@H](C(=O)N1C[C@@H]2CC[C@@]1(c1nc(-c3ccc(-c4ccc(-c5c[nH]c([C@@]67CC[C@@H](CN6C(=O)[C@@H](NC(=O)OC)C(C)C)C7)n5)c5occ(C)c45)cc3)c[nH]1)C2)C(C)C. The molecule has 4 N–H and O–H groups in total. The van der Waals surface area contributed by atoms with E-state index in [1.165, 1.54) is 14.2 Å². The van der Waals surface area contributed by atoms with Crippen molar-refractivity contribution in [2.75, 3.05) is 27.3 Å². The fraction of sp³-hybridized carbons (Fsp3) is 0.489. The zero-order valence-electron chi connectivity index (χ0n) is 36.5. The lowest BCUT2D eigenvalue weighted by molar-refractivity contribution is -0.141. The topological polar surface area (TPSA) is 188 Å². The smallest absolute Gasteiger partial charge is 0.407 e. The van der Waals surface area contributed by atoms with Crippen molar-refractivity contribution in [3.05, 3.63) is 72.3 Å². The first-order chi connectivity index (χ1) is 29.8. The van der Waals surface area contributed by atoms with E-state index in [-0.39, 0.29) is 23.7 Å². The van der Waals surface area contributed by atoms with E-state index in [1.807, 2.05) is 62.9 Å². The van der Waals surface area contributed by atoms with E-state index in [0.29, 0.717) is 24.9 Å². The predicted molar refractivity (Wildman–Crippen MR) is 231 cm³/mol. The molecule has 4 bridgehead atoms. The number of alkyl carbamates (subject to hydrolysis) is 2. The quantitative estimate of drug-likeness (QED) is 0.104. The van der Waals surface area contributed by atoms with E-state index < -0.39 is 35.3 Å². The summed E-state index contributed by atoms with van der Waals surface area (Å²) in [5, 5.41) is 6.52. The molecule has 2 saturated carbocycles. The molecule has 4 fully saturated rings. The Morgan fingerprint density at radius 2 is 1.21 bits per heavy atom. The Kier molecular flexibility index (Phi) is 10.4. The highest BCUT2D eigenvalue weighted by Gasteiger charge is 2.58. The van der Waals surface area contributed by atoms with Crippen molar-refractivity contribution in [1.82, 2.24) is 40.4 Å². The molecule has 2 aliphatic heterocycles. The number of likely N-dealkylation sites (tertiary alicyclic amines) is 2. The highest BCUT2D eigenvalue weighted by Crippen LogP contribution is 2.54. The summed E-state index contributed by atoms with van der Waals surface area (Å²) in [4.78, 5) is 73.5. The van der Waals surface area contributed by atoms with E-state index in [1.54, 1.807) is 6.26 Å². The van der Waals surface area contributed by atoms with Crippen molar-refractivity contribution in [3.63, 3.8) is 0 Å². The molecule has 15 heteroatoms. The van der Waals surface area contributed by atoms with Gasteiger partial charge in [-0.3, -0.25) is 9.59 Å². The number of aromatic nitrogens is 4. The summed E-state index contributed by atoms with van der Waals surface area (Å²) in [6.07, 6.45) is 9.62. The maximum Gasteiger partial charge on any atom is 0.407 e. The minimum absolute atomic E-state index is 0.111. The van der Waals surface area contributed by atoms with Gasteiger partial charge in [-0.2, -0.15) is 0 Å². The largest absolute Gasteiger partial charge is 0.463 e. The van der Waals surface area contributed by atoms with Crippen LogP contribution in [-0.2, 0) is 30.1 Å². The molecular formula is C47H56N8O7. The molecule has 6 atom stereocenters. The molecule has 5 heterocycles. The predicted octanol–water partition coefficient (Wildman–Crippen LogP) is 7.62. The fourth-order valence-corrected chi connectivity index (χ4v) is 10.9. The van der Waals surface area contributed by atoms with Gasteiger partial charge in [0.15, 0.2) is 0 Å². The summed E-state index contributed by atoms with van der Waals surface area (Å²) < 4.78 is 15.9. The van der Waals surface area contributed by atoms with Crippen LogP contribution in [-0.4, -0.2) is 93.1 Å². The molecule has 62 heavy (non-hydrogen) atoms. The van der Waals surface area contributed by atoms with E-state index in [0.717, 1.165) is 100 Å². The number of nitrogens with zero attached hydrogens (tertiary/aromatic N) is 4. The van der Waals surface area contributed by atoms with E-state index in [2.05, 4.69) is 50.9 Å². The van der Waals surface area contributed by atoms with Gasteiger partial charge in [-0.15, -0.1) is 0 Å². The monoisotopic (exact) mass is 844 g/mol. The molecular weight excluding hydrogens is 789 g/mol. The fourth-order valence-electron chi connectivity index (χ4n) is 10.9. The third kappa shape index (κ3) is 6.71. The van der Waals surface area contributed by atoms with Crippen molar-refractivity contribution < 1.29 is 33.1 Å². The van der Waals surface area contributed by atoms with Crippen molar-refractivity contribution in [1.29, 1.82) is 0 Å². The standard InChI is InChI=1S/C47H56N8O7/c1-25(2)37(52-44(58)60-6)40(56)54-22-28-14-16-46(54,18-28)42-48-20-34(50-42)31-10-8-30(9-11-31)32-12-13-33(39-36(32)27(5)24-62-39)35-21-49-43(51-35)47-17-15-29(19-47)23-55(47)41(57)38(26(3)4)53-45(59)61-7/h8-13,20-21,24-26,28-29,37-38H,14-19,22-23H2,1-7H3,(H,48,50)(H,49,51)(H,52,58)(H,53,59)/t28-,29-,37+,38+,46+,47+/m1/s1. The molecule has 0 spiro atoms. The number of rotatable bonds is 11. The summed E-state index contributed by atoms with van der Waals surface area (Å²) in [6, 6.07) is 11.1. The van der Waals surface area contributed by atoms with Crippen molar-refractivity contribution in [3.8, 4) is 33.6 Å². The van der Waals surface area contributed by atoms with Crippen LogP contribution >= 0.6 is 0 Å². The van der Waals surface area contributed by atoms with Crippen LogP contribution in [0.5, 0.6) is 0 Å². The number of methoxy groups -OCH3 is 2. The molecule has 326 valence electrons. The van der Waals surface area contributed by atoms with Gasteiger partial charge in [-0.1, -0.05) is 58.0 Å². The number of amides is 4. The van der Waals surface area contributed by atoms with Crippen LogP contribution in [0, 0.1) is 30.6 Å². The minimum Gasteiger partial charge on any atom is -0.463 e. The number of hydrogen-bond donors (Lipinski definition) is 4. The van der Waals surface area contributed by atoms with Gasteiger partial charge in [0, 0.05) is 42.0 Å². The molecule has 15 nitrogen and oxygen atoms in total. The Morgan fingerprint density at radius 3 is 1.71 bits per heavy atom. The maximum atomic E-state index is 14.1. The Labute approximate surface area is 360 Å². The van der Waals surface area contributed by atoms with Crippen molar-refractivity contribution >= 4 is 35.0 Å². The number of carbonyl (C=O) groups excluding carboxylic acids is 4. The Bertz CT molecular complexity index is 2540. The summed E-state index contributed by atoms with van der Waals surface area (Å²) in [5.41, 5.74) is 5.95. The summed E-state index contributed by atoms with van der Waals surface area (Å²) in [7, 11) is 2.61. The second-order valence-corrected chi connectivity index (χ2v) is 18.5. The van der Waals surface area contributed by atoms with Crippen molar-refractivity contribution in [2.45, 2.75) is 96.3 Å². The van der Waals surface area contributed by atoms with Crippen LogP contribution in [0.1, 0.15) is 83.4 Å². The van der Waals surface area contributed by atoms with Gasteiger partial charge in [0.2, 0.25) is 11.8 Å². The first kappa shape index (κ1) is 41.2. The van der Waals surface area contributed by atoms with Gasteiger partial charge in [0.05, 0.1) is 31.9 Å². The number of aromatic amines is 2. The van der Waals surface area contributed by atoms with Crippen LogP contribution in [0.25, 0.3) is 44.6 Å². The van der Waals surface area contributed by atoms with E-state index in [4.69, 9.17) is 23.9 Å². The third-order valence-electron chi connectivity index (χ3n) is 14.1. The molecule has 4 amide bonds. The number of imidazole rings is 2. The second-order valence-electron chi connectivity index (χ2n) is 18.5. The van der Waals surface area contributed by atoms with Crippen LogP contribution in [0.3, 0.4) is 0 Å². The number of fused-ring (bicyclic) bond motifs is 5. The Balaban J connectivity index is 0.967. The van der Waals surface area contributed by atoms with E-state index in [9.17, 15) is 19.2 Å². The Hall–Kier alpha value is -6.12. The third-order valence-corrected chi connectivity index (χ3v) is 14.1. The van der Waals surface area contributed by atoms with Crippen LogP contribution in [0.15, 0.2) is 59.5 Å². The lowest BCUT2D eigenvalue weighted by atomic mass is 9.93. The molecule has 2 aromatic carbocycles. The molecule has 0 unspecified atom stereocenters. The molecule has 4 aliphatic rings. The first-order valence-electron chi connectivity index (χ1n) is 21.8. The lowest BCUT2D eigenvalue weighted by Crippen LogP contribution is -2.56. The number of ether oxygens (including phenoxy) is 2. The second kappa shape index (κ2) is 15.7. The summed E-state index contributed by atoms with van der Waals surface area (Å²) in [6.45, 7) is 11.0. The van der Waals surface area contributed by atoms with Gasteiger partial charge < -0.3 is 44.3 Å². The van der Waals surface area contributed by atoms with Crippen LogP contribution in [0.2, 0.25) is 0 Å². The Morgan fingerprint density at radius 1 is 0.726 bits per heavy atom. The van der Waals surface area contributed by atoms with Gasteiger partial charge >= 0.3 is 12.2 Å². The maximum absolute atomic E-state index is 14.1. The molecule has 2 saturated heterocycles.